The lowest BCUT2D eigenvalue weighted by atomic mass is 10.2. The Morgan fingerprint density at radius 3 is 2.44 bits per heavy atom. The summed E-state index contributed by atoms with van der Waals surface area (Å²) in [4.78, 5) is 0. The average Bonchev–Trinajstić information content (AvgIpc) is 2.34. The van der Waals surface area contributed by atoms with Crippen LogP contribution >= 0.6 is 15.9 Å². The van der Waals surface area contributed by atoms with Crippen molar-refractivity contribution in [3.05, 3.63) is 64.1 Å². The fourth-order valence-electron chi connectivity index (χ4n) is 1.68. The average molecular weight is 324 g/mol. The Labute approximate surface area is 118 Å². The van der Waals surface area contributed by atoms with E-state index < -0.39 is 10.8 Å². The molecule has 2 aromatic carbocycles. The second-order valence-electron chi connectivity index (χ2n) is 4.06. The largest absolute Gasteiger partial charge is 0.398 e. The molecule has 2 N–H and O–H groups in total. The summed E-state index contributed by atoms with van der Waals surface area (Å²) < 4.78 is 13.0. The van der Waals surface area contributed by atoms with E-state index >= 15 is 0 Å². The monoisotopic (exact) mass is 323 g/mol. The minimum absolute atomic E-state index is 0.494. The normalized spacial score (nSPS) is 12.3. The molecular formula is C14H14BrNOS. The summed E-state index contributed by atoms with van der Waals surface area (Å²) in [6.07, 6.45) is 0. The van der Waals surface area contributed by atoms with Gasteiger partial charge in [0.25, 0.3) is 0 Å². The number of hydrogen-bond acceptors (Lipinski definition) is 2. The van der Waals surface area contributed by atoms with Crippen LogP contribution in [0.5, 0.6) is 0 Å². The Bertz CT molecular complexity index is 557. The third-order valence-corrected chi connectivity index (χ3v) is 4.38. The van der Waals surface area contributed by atoms with Crippen LogP contribution in [-0.4, -0.2) is 4.21 Å². The third kappa shape index (κ3) is 3.68. The van der Waals surface area contributed by atoms with Gasteiger partial charge in [-0.15, -0.1) is 0 Å². The van der Waals surface area contributed by atoms with Crippen molar-refractivity contribution < 1.29 is 4.21 Å². The molecule has 1 unspecified atom stereocenters. The minimum Gasteiger partial charge on any atom is -0.398 e. The number of benzene rings is 2. The highest BCUT2D eigenvalue weighted by Crippen LogP contribution is 2.20. The Morgan fingerprint density at radius 2 is 1.78 bits per heavy atom. The van der Waals surface area contributed by atoms with Crippen molar-refractivity contribution in [3.63, 3.8) is 0 Å². The summed E-state index contributed by atoms with van der Waals surface area (Å²) >= 11 is 3.36. The van der Waals surface area contributed by atoms with Crippen molar-refractivity contribution in [3.8, 4) is 0 Å². The van der Waals surface area contributed by atoms with E-state index in [0.717, 1.165) is 15.6 Å². The van der Waals surface area contributed by atoms with Crippen LogP contribution in [0.3, 0.4) is 0 Å². The summed E-state index contributed by atoms with van der Waals surface area (Å²) in [6.45, 7) is 0. The molecule has 0 amide bonds. The molecule has 0 saturated carbocycles. The summed E-state index contributed by atoms with van der Waals surface area (Å²) in [5.41, 5.74) is 8.61. The van der Waals surface area contributed by atoms with Crippen molar-refractivity contribution in [1.29, 1.82) is 0 Å². The molecule has 94 valence electrons. The first kappa shape index (κ1) is 13.3. The number of halogens is 1. The molecule has 0 heterocycles. The SMILES string of the molecule is Nc1cc(Br)ccc1CS(=O)Cc1ccccc1. The molecule has 0 aliphatic carbocycles. The Balaban J connectivity index is 2.03. The fraction of sp³-hybridized carbons (Fsp3) is 0.143. The number of anilines is 1. The van der Waals surface area contributed by atoms with Gasteiger partial charge in [0.15, 0.2) is 0 Å². The van der Waals surface area contributed by atoms with E-state index in [2.05, 4.69) is 15.9 Å². The molecule has 0 aliphatic heterocycles. The summed E-state index contributed by atoms with van der Waals surface area (Å²) in [7, 11) is -0.934. The maximum atomic E-state index is 12.1. The van der Waals surface area contributed by atoms with Crippen LogP contribution in [0.4, 0.5) is 5.69 Å². The number of hydrogen-bond donors (Lipinski definition) is 1. The van der Waals surface area contributed by atoms with Crippen LogP contribution in [0.25, 0.3) is 0 Å². The molecule has 18 heavy (non-hydrogen) atoms. The van der Waals surface area contributed by atoms with Gasteiger partial charge in [0.1, 0.15) is 0 Å². The van der Waals surface area contributed by atoms with Gasteiger partial charge < -0.3 is 5.73 Å². The first-order valence-electron chi connectivity index (χ1n) is 5.58. The topological polar surface area (TPSA) is 43.1 Å². The van der Waals surface area contributed by atoms with Gasteiger partial charge in [-0.25, -0.2) is 0 Å². The quantitative estimate of drug-likeness (QED) is 0.875. The van der Waals surface area contributed by atoms with Crippen molar-refractivity contribution in [2.24, 2.45) is 0 Å². The van der Waals surface area contributed by atoms with Gasteiger partial charge >= 0.3 is 0 Å². The minimum atomic E-state index is -0.934. The summed E-state index contributed by atoms with van der Waals surface area (Å²) in [6, 6.07) is 15.5. The molecule has 1 atom stereocenters. The maximum Gasteiger partial charge on any atom is 0.0509 e. The molecule has 0 radical (unpaired) electrons. The van der Waals surface area contributed by atoms with E-state index in [9.17, 15) is 4.21 Å². The lowest BCUT2D eigenvalue weighted by Crippen LogP contribution is -2.02. The van der Waals surface area contributed by atoms with Gasteiger partial charge in [-0.3, -0.25) is 4.21 Å². The zero-order chi connectivity index (χ0) is 13.0. The van der Waals surface area contributed by atoms with E-state index in [1.165, 1.54) is 0 Å². The van der Waals surface area contributed by atoms with Crippen molar-refractivity contribution in [2.75, 3.05) is 5.73 Å². The molecular weight excluding hydrogens is 310 g/mol. The molecule has 0 spiro atoms. The van der Waals surface area contributed by atoms with Crippen LogP contribution in [0.15, 0.2) is 53.0 Å². The Morgan fingerprint density at radius 1 is 1.06 bits per heavy atom. The van der Waals surface area contributed by atoms with E-state index in [4.69, 9.17) is 5.73 Å². The smallest absolute Gasteiger partial charge is 0.0509 e. The predicted octanol–water partition coefficient (Wildman–Crippen LogP) is 3.48. The first-order valence-corrected chi connectivity index (χ1v) is 7.86. The van der Waals surface area contributed by atoms with Crippen molar-refractivity contribution >= 4 is 32.4 Å². The van der Waals surface area contributed by atoms with E-state index in [1.807, 2.05) is 48.5 Å². The van der Waals surface area contributed by atoms with Gasteiger partial charge in [0, 0.05) is 26.7 Å². The molecule has 2 nitrogen and oxygen atoms in total. The van der Waals surface area contributed by atoms with Gasteiger partial charge in [-0.1, -0.05) is 52.3 Å². The van der Waals surface area contributed by atoms with E-state index in [0.29, 0.717) is 17.2 Å². The van der Waals surface area contributed by atoms with Gasteiger partial charge in [0.05, 0.1) is 5.75 Å². The summed E-state index contributed by atoms with van der Waals surface area (Å²) in [5.74, 6) is 1.06. The predicted molar refractivity (Wildman–Crippen MR) is 80.5 cm³/mol. The highest BCUT2D eigenvalue weighted by atomic mass is 79.9. The van der Waals surface area contributed by atoms with E-state index in [-0.39, 0.29) is 0 Å². The zero-order valence-electron chi connectivity index (χ0n) is 9.80. The van der Waals surface area contributed by atoms with Crippen LogP contribution in [0.2, 0.25) is 0 Å². The number of nitrogens with two attached hydrogens (primary N) is 1. The third-order valence-electron chi connectivity index (χ3n) is 2.59. The van der Waals surface area contributed by atoms with Gasteiger partial charge in [-0.05, 0) is 23.3 Å². The van der Waals surface area contributed by atoms with Crippen LogP contribution in [0.1, 0.15) is 11.1 Å². The zero-order valence-corrected chi connectivity index (χ0v) is 12.2. The number of nitrogen functional groups attached to an aromatic ring is 1. The Hall–Kier alpha value is -1.13. The molecule has 4 heteroatoms. The molecule has 0 aromatic heterocycles. The van der Waals surface area contributed by atoms with Crippen LogP contribution < -0.4 is 5.73 Å². The Kier molecular flexibility index (Phi) is 4.55. The van der Waals surface area contributed by atoms with Crippen molar-refractivity contribution in [1.82, 2.24) is 0 Å². The van der Waals surface area contributed by atoms with E-state index in [1.54, 1.807) is 0 Å². The molecule has 2 aromatic rings. The number of rotatable bonds is 4. The molecule has 0 aliphatic rings. The summed E-state index contributed by atoms with van der Waals surface area (Å²) in [5, 5.41) is 0. The standard InChI is InChI=1S/C14H14BrNOS/c15-13-7-6-12(14(16)8-13)10-18(17)9-11-4-2-1-3-5-11/h1-8H,9-10,16H2. The lowest BCUT2D eigenvalue weighted by Gasteiger charge is -2.06. The molecule has 0 fully saturated rings. The maximum absolute atomic E-state index is 12.1. The van der Waals surface area contributed by atoms with Gasteiger partial charge in [0.2, 0.25) is 0 Å². The second-order valence-corrected chi connectivity index (χ2v) is 6.43. The van der Waals surface area contributed by atoms with Gasteiger partial charge in [-0.2, -0.15) is 0 Å². The fourth-order valence-corrected chi connectivity index (χ4v) is 3.34. The molecule has 2 rings (SSSR count). The highest BCUT2D eigenvalue weighted by molar-refractivity contribution is 9.10. The van der Waals surface area contributed by atoms with Crippen LogP contribution in [0, 0.1) is 0 Å². The van der Waals surface area contributed by atoms with Crippen LogP contribution in [-0.2, 0) is 22.3 Å². The first-order chi connectivity index (χ1) is 8.65. The molecule has 0 saturated heterocycles. The highest BCUT2D eigenvalue weighted by Gasteiger charge is 2.06. The second kappa shape index (κ2) is 6.16. The molecule has 0 bridgehead atoms. The van der Waals surface area contributed by atoms with Crippen molar-refractivity contribution in [2.45, 2.75) is 11.5 Å². The lowest BCUT2D eigenvalue weighted by molar-refractivity contribution is 0.682.